The van der Waals surface area contributed by atoms with Crippen LogP contribution in [-0.2, 0) is 0 Å². The fourth-order valence-electron chi connectivity index (χ4n) is 1.42. The van der Waals surface area contributed by atoms with E-state index in [0.717, 1.165) is 12.0 Å². The van der Waals surface area contributed by atoms with Gasteiger partial charge in [0.25, 0.3) is 0 Å². The highest BCUT2D eigenvalue weighted by atomic mass is 32.2. The Labute approximate surface area is 86.2 Å². The first-order valence-corrected chi connectivity index (χ1v) is 5.25. The van der Waals surface area contributed by atoms with Gasteiger partial charge < -0.3 is 0 Å². The van der Waals surface area contributed by atoms with Crippen LogP contribution >= 0.6 is 11.8 Å². The van der Waals surface area contributed by atoms with Gasteiger partial charge in [-0.25, -0.2) is 4.39 Å². The van der Waals surface area contributed by atoms with Crippen molar-refractivity contribution in [2.45, 2.75) is 11.7 Å². The second-order valence-electron chi connectivity index (χ2n) is 3.08. The number of thioether (sulfide) groups is 1. The predicted octanol–water partition coefficient (Wildman–Crippen LogP) is 3.39. The Kier molecular flexibility index (Phi) is 2.55. The maximum absolute atomic E-state index is 13.3. The number of benzene rings is 1. The largest absolute Gasteiger partial charge is 0.206 e. The van der Waals surface area contributed by atoms with E-state index in [0.29, 0.717) is 5.25 Å². The molecule has 0 bridgehead atoms. The van der Waals surface area contributed by atoms with Gasteiger partial charge in [0, 0.05) is 5.25 Å². The Balaban J connectivity index is 2.29. The molecule has 70 valence electrons. The van der Waals surface area contributed by atoms with Crippen molar-refractivity contribution < 1.29 is 4.39 Å². The van der Waals surface area contributed by atoms with Gasteiger partial charge in [0.1, 0.15) is 11.9 Å². The lowest BCUT2D eigenvalue weighted by Gasteiger charge is -2.08. The minimum absolute atomic E-state index is 0.115. The number of nitrogens with zero attached hydrogens (tertiary/aromatic N) is 1. The minimum Gasteiger partial charge on any atom is -0.206 e. The average molecular weight is 205 g/mol. The zero-order valence-corrected chi connectivity index (χ0v) is 8.22. The van der Waals surface area contributed by atoms with Gasteiger partial charge in [-0.05, 0) is 29.5 Å². The maximum Gasteiger partial charge on any atom is 0.141 e. The third-order valence-corrected chi connectivity index (χ3v) is 3.32. The van der Waals surface area contributed by atoms with E-state index in [4.69, 9.17) is 5.26 Å². The SMILES string of the molecule is N#Cc1ccc(C2CC=CS2)cc1F. The standard InChI is InChI=1S/C11H8FNS/c12-10-6-8(3-4-9(10)7-13)11-2-1-5-14-11/h1,3-6,11H,2H2. The summed E-state index contributed by atoms with van der Waals surface area (Å²) in [7, 11) is 0. The summed E-state index contributed by atoms with van der Waals surface area (Å²) in [5.74, 6) is -0.419. The predicted molar refractivity (Wildman–Crippen MR) is 55.2 cm³/mol. The van der Waals surface area contributed by atoms with Gasteiger partial charge >= 0.3 is 0 Å². The van der Waals surface area contributed by atoms with E-state index in [1.165, 1.54) is 6.07 Å². The zero-order chi connectivity index (χ0) is 9.97. The van der Waals surface area contributed by atoms with Crippen molar-refractivity contribution in [3.63, 3.8) is 0 Å². The summed E-state index contributed by atoms with van der Waals surface area (Å²) in [6.07, 6.45) is 3.02. The maximum atomic E-state index is 13.3. The highest BCUT2D eigenvalue weighted by molar-refractivity contribution is 8.02. The van der Waals surface area contributed by atoms with Gasteiger partial charge in [-0.15, -0.1) is 11.8 Å². The quantitative estimate of drug-likeness (QED) is 0.701. The number of nitriles is 1. The summed E-state index contributed by atoms with van der Waals surface area (Å²) < 4.78 is 13.3. The third kappa shape index (κ3) is 1.66. The summed E-state index contributed by atoms with van der Waals surface area (Å²) in [6, 6.07) is 6.65. The van der Waals surface area contributed by atoms with Gasteiger partial charge in [0.2, 0.25) is 0 Å². The van der Waals surface area contributed by atoms with Crippen LogP contribution in [0.5, 0.6) is 0 Å². The monoisotopic (exact) mass is 205 g/mol. The number of hydrogen-bond donors (Lipinski definition) is 0. The van der Waals surface area contributed by atoms with Crippen LogP contribution < -0.4 is 0 Å². The van der Waals surface area contributed by atoms with E-state index in [9.17, 15) is 4.39 Å². The molecule has 0 fully saturated rings. The average Bonchev–Trinajstić information content (AvgIpc) is 2.70. The van der Waals surface area contributed by atoms with Crippen LogP contribution in [0.25, 0.3) is 0 Å². The first kappa shape index (κ1) is 9.29. The lowest BCUT2D eigenvalue weighted by atomic mass is 10.1. The molecule has 0 aliphatic carbocycles. The fraction of sp³-hybridized carbons (Fsp3) is 0.182. The molecule has 1 aliphatic heterocycles. The van der Waals surface area contributed by atoms with Gasteiger partial charge in [0.15, 0.2) is 0 Å². The van der Waals surface area contributed by atoms with Crippen LogP contribution in [-0.4, -0.2) is 0 Å². The first-order valence-electron chi connectivity index (χ1n) is 4.31. The third-order valence-electron chi connectivity index (χ3n) is 2.17. The van der Waals surface area contributed by atoms with Gasteiger partial charge in [-0.1, -0.05) is 12.1 Å². The van der Waals surface area contributed by atoms with Crippen molar-refractivity contribution >= 4 is 11.8 Å². The smallest absolute Gasteiger partial charge is 0.141 e. The van der Waals surface area contributed by atoms with E-state index in [1.54, 1.807) is 17.8 Å². The van der Waals surface area contributed by atoms with E-state index >= 15 is 0 Å². The summed E-state index contributed by atoms with van der Waals surface area (Å²) in [5, 5.41) is 10.9. The molecule has 1 atom stereocenters. The molecule has 0 radical (unpaired) electrons. The number of rotatable bonds is 1. The molecule has 0 spiro atoms. The molecule has 0 N–H and O–H groups in total. The lowest BCUT2D eigenvalue weighted by Crippen LogP contribution is -1.92. The van der Waals surface area contributed by atoms with Crippen LogP contribution in [0.4, 0.5) is 4.39 Å². The molecule has 0 saturated heterocycles. The highest BCUT2D eigenvalue weighted by Crippen LogP contribution is 2.38. The minimum atomic E-state index is -0.419. The molecule has 2 rings (SSSR count). The molecule has 3 heteroatoms. The van der Waals surface area contributed by atoms with Gasteiger partial charge in [-0.2, -0.15) is 5.26 Å². The van der Waals surface area contributed by atoms with Crippen LogP contribution in [0.2, 0.25) is 0 Å². The normalized spacial score (nSPS) is 19.6. The summed E-state index contributed by atoms with van der Waals surface area (Å²) in [5.41, 5.74) is 1.07. The van der Waals surface area contributed by atoms with E-state index in [1.807, 2.05) is 17.5 Å². The zero-order valence-electron chi connectivity index (χ0n) is 7.40. The molecular weight excluding hydrogens is 197 g/mol. The molecule has 14 heavy (non-hydrogen) atoms. The topological polar surface area (TPSA) is 23.8 Å². The van der Waals surface area contributed by atoms with Crippen molar-refractivity contribution in [2.24, 2.45) is 0 Å². The van der Waals surface area contributed by atoms with E-state index < -0.39 is 5.82 Å². The van der Waals surface area contributed by atoms with Crippen LogP contribution in [0.15, 0.2) is 29.7 Å². The van der Waals surface area contributed by atoms with Gasteiger partial charge in [0.05, 0.1) is 5.56 Å². The molecule has 1 aromatic carbocycles. The summed E-state index contributed by atoms with van der Waals surface area (Å²) in [6.45, 7) is 0. The van der Waals surface area contributed by atoms with Crippen molar-refractivity contribution in [2.75, 3.05) is 0 Å². The number of hydrogen-bond acceptors (Lipinski definition) is 2. The second kappa shape index (κ2) is 3.85. The first-order chi connectivity index (χ1) is 6.81. The lowest BCUT2D eigenvalue weighted by molar-refractivity contribution is 0.621. The van der Waals surface area contributed by atoms with Gasteiger partial charge in [-0.3, -0.25) is 0 Å². The fourth-order valence-corrected chi connectivity index (χ4v) is 2.36. The number of halogens is 1. The van der Waals surface area contributed by atoms with E-state index in [-0.39, 0.29) is 5.56 Å². The van der Waals surface area contributed by atoms with E-state index in [2.05, 4.69) is 6.08 Å². The Morgan fingerprint density at radius 2 is 2.36 bits per heavy atom. The van der Waals surface area contributed by atoms with Crippen LogP contribution in [0.1, 0.15) is 22.8 Å². The molecule has 1 aliphatic rings. The van der Waals surface area contributed by atoms with Crippen molar-refractivity contribution in [3.05, 3.63) is 46.6 Å². The second-order valence-corrected chi connectivity index (χ2v) is 4.20. The highest BCUT2D eigenvalue weighted by Gasteiger charge is 2.14. The Morgan fingerprint density at radius 3 is 2.93 bits per heavy atom. The molecule has 0 saturated carbocycles. The molecule has 1 heterocycles. The van der Waals surface area contributed by atoms with Crippen LogP contribution in [0.3, 0.4) is 0 Å². The Hall–Kier alpha value is -1.27. The number of allylic oxidation sites excluding steroid dienone is 1. The molecule has 0 amide bonds. The van der Waals surface area contributed by atoms with Crippen LogP contribution in [0, 0.1) is 17.1 Å². The molecule has 1 aromatic rings. The summed E-state index contributed by atoms with van der Waals surface area (Å²) >= 11 is 1.69. The Bertz CT molecular complexity index is 412. The molecule has 0 aromatic heterocycles. The molecular formula is C11H8FNS. The Morgan fingerprint density at radius 1 is 1.50 bits per heavy atom. The molecule has 1 unspecified atom stereocenters. The molecule has 1 nitrogen and oxygen atoms in total. The van der Waals surface area contributed by atoms with Crippen molar-refractivity contribution in [3.8, 4) is 6.07 Å². The van der Waals surface area contributed by atoms with Crippen molar-refractivity contribution in [1.29, 1.82) is 5.26 Å². The van der Waals surface area contributed by atoms with Crippen molar-refractivity contribution in [1.82, 2.24) is 0 Å². The summed E-state index contributed by atoms with van der Waals surface area (Å²) in [4.78, 5) is 0.